The number of aryl methyl sites for hydroxylation is 1. The fraction of sp³-hybridized carbons (Fsp3) is 0.538. The van der Waals surface area contributed by atoms with Crippen LogP contribution in [0.5, 0.6) is 0 Å². The molecule has 0 radical (unpaired) electrons. The minimum absolute atomic E-state index is 0.00708. The molecule has 3 unspecified atom stereocenters. The first-order chi connectivity index (χ1) is 8.02. The molecule has 1 aliphatic heterocycles. The van der Waals surface area contributed by atoms with E-state index < -0.39 is 17.7 Å². The summed E-state index contributed by atoms with van der Waals surface area (Å²) < 4.78 is 33.0. The summed E-state index contributed by atoms with van der Waals surface area (Å²) >= 11 is 0. The van der Waals surface area contributed by atoms with Gasteiger partial charge in [-0.25, -0.2) is 8.78 Å². The molecule has 0 saturated carbocycles. The van der Waals surface area contributed by atoms with Gasteiger partial charge in [-0.05, 0) is 31.9 Å². The van der Waals surface area contributed by atoms with E-state index in [0.29, 0.717) is 12.2 Å². The third-order valence-corrected chi connectivity index (χ3v) is 3.55. The average molecular weight is 241 g/mol. The van der Waals surface area contributed by atoms with Crippen molar-refractivity contribution < 1.29 is 13.5 Å². The van der Waals surface area contributed by atoms with Crippen LogP contribution in [0.4, 0.5) is 8.78 Å². The van der Waals surface area contributed by atoms with Crippen molar-refractivity contribution in [2.75, 3.05) is 6.61 Å². The zero-order valence-corrected chi connectivity index (χ0v) is 10.0. The summed E-state index contributed by atoms with van der Waals surface area (Å²) in [6, 6.07) is 2.05. The minimum atomic E-state index is -0.646. The molecule has 1 heterocycles. The van der Waals surface area contributed by atoms with Crippen LogP contribution in [0.25, 0.3) is 0 Å². The predicted octanol–water partition coefficient (Wildman–Crippen LogP) is 2.70. The number of benzene rings is 1. The number of halogens is 2. The molecule has 3 atom stereocenters. The van der Waals surface area contributed by atoms with E-state index in [0.717, 1.165) is 6.42 Å². The van der Waals surface area contributed by atoms with Crippen molar-refractivity contribution in [1.82, 2.24) is 0 Å². The topological polar surface area (TPSA) is 35.2 Å². The Morgan fingerprint density at radius 1 is 1.41 bits per heavy atom. The van der Waals surface area contributed by atoms with E-state index in [9.17, 15) is 8.78 Å². The number of hydrogen-bond donors (Lipinski definition) is 1. The van der Waals surface area contributed by atoms with Crippen LogP contribution in [0.1, 0.15) is 30.5 Å². The van der Waals surface area contributed by atoms with Crippen LogP contribution in [0, 0.1) is 24.5 Å². The first kappa shape index (κ1) is 12.5. The summed E-state index contributed by atoms with van der Waals surface area (Å²) in [6.07, 6.45) is 0.694. The van der Waals surface area contributed by atoms with E-state index in [1.54, 1.807) is 6.92 Å². The van der Waals surface area contributed by atoms with Gasteiger partial charge in [0.05, 0.1) is 6.10 Å². The first-order valence-corrected chi connectivity index (χ1v) is 5.84. The van der Waals surface area contributed by atoms with Gasteiger partial charge < -0.3 is 10.5 Å². The monoisotopic (exact) mass is 241 g/mol. The lowest BCUT2D eigenvalue weighted by Gasteiger charge is -2.23. The second-order valence-corrected chi connectivity index (χ2v) is 4.65. The van der Waals surface area contributed by atoms with Gasteiger partial charge in [-0.15, -0.1) is 0 Å². The van der Waals surface area contributed by atoms with Gasteiger partial charge in [0.2, 0.25) is 0 Å². The largest absolute Gasteiger partial charge is 0.378 e. The van der Waals surface area contributed by atoms with Crippen LogP contribution >= 0.6 is 0 Å². The van der Waals surface area contributed by atoms with E-state index >= 15 is 0 Å². The molecular formula is C13H17F2NO. The van der Waals surface area contributed by atoms with Gasteiger partial charge in [0.25, 0.3) is 0 Å². The quantitative estimate of drug-likeness (QED) is 0.864. The minimum Gasteiger partial charge on any atom is -0.378 e. The summed E-state index contributed by atoms with van der Waals surface area (Å²) in [6.45, 7) is 4.11. The van der Waals surface area contributed by atoms with Gasteiger partial charge in [0.15, 0.2) is 0 Å². The second-order valence-electron chi connectivity index (χ2n) is 4.65. The predicted molar refractivity (Wildman–Crippen MR) is 61.5 cm³/mol. The van der Waals surface area contributed by atoms with Crippen molar-refractivity contribution in [2.24, 2.45) is 11.7 Å². The molecule has 0 aromatic heterocycles. The van der Waals surface area contributed by atoms with Crippen molar-refractivity contribution in [2.45, 2.75) is 32.4 Å². The first-order valence-electron chi connectivity index (χ1n) is 5.84. The number of hydrogen-bond acceptors (Lipinski definition) is 2. The van der Waals surface area contributed by atoms with Gasteiger partial charge in [-0.3, -0.25) is 0 Å². The highest BCUT2D eigenvalue weighted by atomic mass is 19.1. The van der Waals surface area contributed by atoms with Crippen LogP contribution in [0.2, 0.25) is 0 Å². The average Bonchev–Trinajstić information content (AvgIpc) is 2.70. The van der Waals surface area contributed by atoms with E-state index in [4.69, 9.17) is 10.5 Å². The van der Waals surface area contributed by atoms with Gasteiger partial charge in [-0.1, -0.05) is 6.07 Å². The lowest BCUT2D eigenvalue weighted by atomic mass is 9.88. The Kier molecular flexibility index (Phi) is 3.45. The number of ether oxygens (including phenoxy) is 1. The summed E-state index contributed by atoms with van der Waals surface area (Å²) in [5.74, 6) is -1.13. The Labute approximate surface area is 99.8 Å². The smallest absolute Gasteiger partial charge is 0.133 e. The van der Waals surface area contributed by atoms with Gasteiger partial charge in [0.1, 0.15) is 11.6 Å². The maximum atomic E-state index is 13.9. The molecule has 1 aromatic rings. The Bertz CT molecular complexity index is 422. The summed E-state index contributed by atoms with van der Waals surface area (Å²) in [5.41, 5.74) is 6.41. The molecule has 0 amide bonds. The maximum Gasteiger partial charge on any atom is 0.133 e. The summed E-state index contributed by atoms with van der Waals surface area (Å²) in [5, 5.41) is 0. The molecule has 0 bridgehead atoms. The lowest BCUT2D eigenvalue weighted by Crippen LogP contribution is -2.28. The molecule has 2 N–H and O–H groups in total. The molecule has 0 aliphatic carbocycles. The van der Waals surface area contributed by atoms with Crippen molar-refractivity contribution in [3.05, 3.63) is 34.9 Å². The number of nitrogens with two attached hydrogens (primary N) is 1. The highest BCUT2D eigenvalue weighted by molar-refractivity contribution is 5.29. The fourth-order valence-corrected chi connectivity index (χ4v) is 2.42. The Morgan fingerprint density at radius 3 is 2.71 bits per heavy atom. The van der Waals surface area contributed by atoms with Crippen molar-refractivity contribution in [3.8, 4) is 0 Å². The summed E-state index contributed by atoms with van der Waals surface area (Å²) in [4.78, 5) is 0. The molecule has 0 spiro atoms. The van der Waals surface area contributed by atoms with E-state index in [2.05, 4.69) is 0 Å². The standard InChI is InChI=1S/C13H17F2NO/c1-7-3-4-10(14)11(12(7)15)13(16)9-5-6-17-8(9)2/h3-4,8-9,13H,5-6,16H2,1-2H3. The molecule has 2 nitrogen and oxygen atoms in total. The molecule has 4 heteroatoms. The fourth-order valence-electron chi connectivity index (χ4n) is 2.42. The van der Waals surface area contributed by atoms with Crippen LogP contribution in [-0.2, 0) is 4.74 Å². The molecule has 2 rings (SSSR count). The normalized spacial score (nSPS) is 26.2. The van der Waals surface area contributed by atoms with Crippen molar-refractivity contribution in [1.29, 1.82) is 0 Å². The molecule has 1 aromatic carbocycles. The van der Waals surface area contributed by atoms with Crippen molar-refractivity contribution >= 4 is 0 Å². The Balaban J connectivity index is 2.36. The molecule has 1 fully saturated rings. The van der Waals surface area contributed by atoms with Crippen LogP contribution in [-0.4, -0.2) is 12.7 Å². The Hall–Kier alpha value is -1.00. The van der Waals surface area contributed by atoms with E-state index in [1.807, 2.05) is 6.92 Å². The van der Waals surface area contributed by atoms with E-state index in [-0.39, 0.29) is 17.6 Å². The van der Waals surface area contributed by atoms with Gasteiger partial charge in [-0.2, -0.15) is 0 Å². The molecule has 94 valence electrons. The van der Waals surface area contributed by atoms with Crippen molar-refractivity contribution in [3.63, 3.8) is 0 Å². The maximum absolute atomic E-state index is 13.9. The second kappa shape index (κ2) is 4.70. The van der Waals surface area contributed by atoms with E-state index in [1.165, 1.54) is 12.1 Å². The third-order valence-electron chi connectivity index (χ3n) is 3.55. The van der Waals surface area contributed by atoms with Crippen LogP contribution in [0.15, 0.2) is 12.1 Å². The van der Waals surface area contributed by atoms with Crippen LogP contribution < -0.4 is 5.73 Å². The Morgan fingerprint density at radius 2 is 2.12 bits per heavy atom. The number of rotatable bonds is 2. The summed E-state index contributed by atoms with van der Waals surface area (Å²) in [7, 11) is 0. The zero-order chi connectivity index (χ0) is 12.6. The molecule has 1 aliphatic rings. The van der Waals surface area contributed by atoms with Crippen LogP contribution in [0.3, 0.4) is 0 Å². The third kappa shape index (κ3) is 2.19. The molecule has 17 heavy (non-hydrogen) atoms. The highest BCUT2D eigenvalue weighted by Gasteiger charge is 2.33. The molecule has 1 saturated heterocycles. The van der Waals surface area contributed by atoms with Gasteiger partial charge >= 0.3 is 0 Å². The lowest BCUT2D eigenvalue weighted by molar-refractivity contribution is 0.0988. The highest BCUT2D eigenvalue weighted by Crippen LogP contribution is 2.34. The molecular weight excluding hydrogens is 224 g/mol. The van der Waals surface area contributed by atoms with Gasteiger partial charge in [0, 0.05) is 24.1 Å². The SMILES string of the molecule is Cc1ccc(F)c(C(N)C2CCOC2C)c1F. The zero-order valence-electron chi connectivity index (χ0n) is 10.0.